The Morgan fingerprint density at radius 1 is 1.18 bits per heavy atom. The van der Waals surface area contributed by atoms with Crippen molar-refractivity contribution in [3.8, 4) is 5.75 Å². The molecule has 1 aliphatic carbocycles. The van der Waals surface area contributed by atoms with Crippen LogP contribution in [0.1, 0.15) is 56.2 Å². The molecule has 2 aromatic rings. The number of rotatable bonds is 13. The minimum absolute atomic E-state index is 0.00202. The zero-order valence-electron chi connectivity index (χ0n) is 19.6. The van der Waals surface area contributed by atoms with E-state index in [0.29, 0.717) is 29.7 Å². The number of benzene rings is 2. The Hall–Kier alpha value is -2.08. The molecule has 0 saturated carbocycles. The summed E-state index contributed by atoms with van der Waals surface area (Å²) in [5.74, 6) is 0.344. The van der Waals surface area contributed by atoms with Crippen LogP contribution < -0.4 is 10.1 Å². The van der Waals surface area contributed by atoms with Gasteiger partial charge in [-0.05, 0) is 79.3 Å². The number of carboxylic acids is 1. The highest BCUT2D eigenvalue weighted by Gasteiger charge is 2.32. The fraction of sp³-hybridized carbons (Fsp3) is 0.519. The van der Waals surface area contributed by atoms with E-state index in [9.17, 15) is 9.90 Å². The highest BCUT2D eigenvalue weighted by Crippen LogP contribution is 2.34. The third-order valence-electron chi connectivity index (χ3n) is 6.95. The van der Waals surface area contributed by atoms with E-state index in [4.69, 9.17) is 21.4 Å². The van der Waals surface area contributed by atoms with Crippen LogP contribution >= 0.6 is 11.6 Å². The molecule has 0 amide bonds. The maximum atomic E-state index is 10.8. The van der Waals surface area contributed by atoms with E-state index in [1.165, 1.54) is 11.1 Å². The molecule has 2 aromatic carbocycles. The monoisotopic (exact) mass is 473 g/mol. The van der Waals surface area contributed by atoms with Crippen LogP contribution in [0.4, 0.5) is 0 Å². The number of carboxylic acid groups (broad SMARTS) is 1. The molecule has 5 nitrogen and oxygen atoms in total. The average Bonchev–Trinajstić information content (AvgIpc) is 3.22. The molecule has 3 rings (SSSR count). The number of ether oxygens (including phenoxy) is 1. The number of halogens is 1. The van der Waals surface area contributed by atoms with Crippen molar-refractivity contribution in [1.82, 2.24) is 5.32 Å². The molecule has 0 spiro atoms. The predicted molar refractivity (Wildman–Crippen MR) is 132 cm³/mol. The van der Waals surface area contributed by atoms with Gasteiger partial charge in [-0.25, -0.2) is 0 Å². The molecule has 0 radical (unpaired) electrons. The molecule has 0 fully saturated rings. The highest BCUT2D eigenvalue weighted by atomic mass is 35.5. The van der Waals surface area contributed by atoms with Crippen molar-refractivity contribution in [3.05, 3.63) is 64.2 Å². The summed E-state index contributed by atoms with van der Waals surface area (Å²) in [7, 11) is 0. The smallest absolute Gasteiger partial charge is 0.303 e. The van der Waals surface area contributed by atoms with E-state index in [2.05, 4.69) is 43.4 Å². The maximum absolute atomic E-state index is 10.8. The highest BCUT2D eigenvalue weighted by molar-refractivity contribution is 6.31. The molecule has 33 heavy (non-hydrogen) atoms. The van der Waals surface area contributed by atoms with Crippen LogP contribution in [-0.4, -0.2) is 41.0 Å². The van der Waals surface area contributed by atoms with Gasteiger partial charge < -0.3 is 20.3 Å². The van der Waals surface area contributed by atoms with Gasteiger partial charge in [-0.1, -0.05) is 49.7 Å². The lowest BCUT2D eigenvalue weighted by atomic mass is 9.81. The van der Waals surface area contributed by atoms with Crippen molar-refractivity contribution >= 4 is 17.6 Å². The zero-order chi connectivity index (χ0) is 23.8. The summed E-state index contributed by atoms with van der Waals surface area (Å²) in [6.45, 7) is 5.05. The number of hydrogen-bond donors (Lipinski definition) is 3. The Balaban J connectivity index is 1.50. The second-order valence-electron chi connectivity index (χ2n) is 9.23. The summed E-state index contributed by atoms with van der Waals surface area (Å²) >= 11 is 6.17. The van der Waals surface area contributed by atoms with Crippen molar-refractivity contribution in [2.24, 2.45) is 5.92 Å². The second-order valence-corrected chi connectivity index (χ2v) is 9.63. The lowest BCUT2D eigenvalue weighted by Crippen LogP contribution is -2.49. The van der Waals surface area contributed by atoms with Crippen molar-refractivity contribution < 1.29 is 19.7 Å². The summed E-state index contributed by atoms with van der Waals surface area (Å²) < 4.78 is 5.78. The quantitative estimate of drug-likeness (QED) is 0.379. The number of β-amino-alcohol motifs (C(OH)–C–C–N with tert-alkyl or cyclic N) is 1. The summed E-state index contributed by atoms with van der Waals surface area (Å²) in [6, 6.07) is 13.9. The van der Waals surface area contributed by atoms with E-state index in [1.54, 1.807) is 18.2 Å². The van der Waals surface area contributed by atoms with Crippen LogP contribution in [0.25, 0.3) is 0 Å². The van der Waals surface area contributed by atoms with Gasteiger partial charge in [0, 0.05) is 23.5 Å². The van der Waals surface area contributed by atoms with Crippen molar-refractivity contribution in [2.45, 2.75) is 70.4 Å². The summed E-state index contributed by atoms with van der Waals surface area (Å²) in [5, 5.41) is 23.7. The number of carbonyl (C=O) groups is 1. The van der Waals surface area contributed by atoms with Gasteiger partial charge in [0.15, 0.2) is 0 Å². The predicted octanol–water partition coefficient (Wildman–Crippen LogP) is 5.05. The fourth-order valence-corrected chi connectivity index (χ4v) is 5.08. The van der Waals surface area contributed by atoms with Crippen LogP contribution in [0.3, 0.4) is 0 Å². The molecule has 6 heteroatoms. The van der Waals surface area contributed by atoms with Gasteiger partial charge in [0.05, 0.1) is 0 Å². The Morgan fingerprint density at radius 3 is 2.45 bits per heavy atom. The van der Waals surface area contributed by atoms with E-state index in [-0.39, 0.29) is 18.6 Å². The number of nitrogens with one attached hydrogen (secondary N) is 1. The average molecular weight is 474 g/mol. The van der Waals surface area contributed by atoms with Crippen LogP contribution in [0.15, 0.2) is 42.5 Å². The molecule has 0 bridgehead atoms. The molecule has 0 saturated heterocycles. The summed E-state index contributed by atoms with van der Waals surface area (Å²) in [6.07, 6.45) is 5.07. The number of fused-ring (bicyclic) bond motifs is 1. The van der Waals surface area contributed by atoms with Crippen LogP contribution in [0.5, 0.6) is 5.75 Å². The molecule has 0 aromatic heterocycles. The maximum Gasteiger partial charge on any atom is 0.303 e. The first-order valence-electron chi connectivity index (χ1n) is 12.0. The summed E-state index contributed by atoms with van der Waals surface area (Å²) in [5.41, 5.74) is 3.68. The Bertz CT molecular complexity index is 903. The van der Waals surface area contributed by atoms with Gasteiger partial charge in [0.25, 0.3) is 0 Å². The SMILES string of the molecule is CCC(CC)(CC1Cc2ccccc2C1)NC[C@@H](O)COc1ccc(Cl)c(CCC(=O)O)c1. The Kier molecular flexibility index (Phi) is 9.19. The largest absolute Gasteiger partial charge is 0.491 e. The standard InChI is InChI=1S/C27H36ClNO4/c1-3-27(4-2,16-19-13-20-7-5-6-8-21(20)14-19)29-17-23(30)18-33-24-10-11-25(28)22(15-24)9-12-26(31)32/h5-8,10-11,15,19,23,29-30H,3-4,9,12-14,16-18H2,1-2H3,(H,31,32)/t23-/m1/s1. The van der Waals surface area contributed by atoms with Gasteiger partial charge in [-0.2, -0.15) is 0 Å². The first-order chi connectivity index (χ1) is 15.8. The Morgan fingerprint density at radius 2 is 1.85 bits per heavy atom. The number of aryl methyl sites for hydroxylation is 1. The lowest BCUT2D eigenvalue weighted by Gasteiger charge is -2.36. The van der Waals surface area contributed by atoms with Crippen molar-refractivity contribution in [1.29, 1.82) is 0 Å². The molecule has 0 heterocycles. The third kappa shape index (κ3) is 7.20. The zero-order valence-corrected chi connectivity index (χ0v) is 20.4. The minimum Gasteiger partial charge on any atom is -0.491 e. The molecule has 1 atom stereocenters. The first kappa shape index (κ1) is 25.5. The topological polar surface area (TPSA) is 78.8 Å². The molecule has 1 aliphatic rings. The molecule has 180 valence electrons. The first-order valence-corrected chi connectivity index (χ1v) is 12.3. The Labute approximate surface area is 202 Å². The number of aliphatic carboxylic acids is 1. The fourth-order valence-electron chi connectivity index (χ4n) is 4.87. The normalized spacial score (nSPS) is 14.8. The molecule has 0 aliphatic heterocycles. The van der Waals surface area contributed by atoms with E-state index < -0.39 is 12.1 Å². The van der Waals surface area contributed by atoms with Crippen molar-refractivity contribution in [2.75, 3.05) is 13.2 Å². The number of aliphatic hydroxyl groups excluding tert-OH is 1. The van der Waals surface area contributed by atoms with E-state index in [0.717, 1.165) is 37.7 Å². The molecular formula is C27H36ClNO4. The summed E-state index contributed by atoms with van der Waals surface area (Å²) in [4.78, 5) is 10.8. The van der Waals surface area contributed by atoms with Crippen molar-refractivity contribution in [3.63, 3.8) is 0 Å². The van der Waals surface area contributed by atoms with Crippen LogP contribution in [0.2, 0.25) is 5.02 Å². The third-order valence-corrected chi connectivity index (χ3v) is 7.32. The van der Waals surface area contributed by atoms with Gasteiger partial charge >= 0.3 is 5.97 Å². The van der Waals surface area contributed by atoms with Gasteiger partial charge in [0.2, 0.25) is 0 Å². The van der Waals surface area contributed by atoms with Crippen LogP contribution in [-0.2, 0) is 24.1 Å². The lowest BCUT2D eigenvalue weighted by molar-refractivity contribution is -0.136. The molecule has 0 unspecified atom stereocenters. The van der Waals surface area contributed by atoms with Gasteiger partial charge in [-0.15, -0.1) is 0 Å². The second kappa shape index (κ2) is 11.9. The number of aliphatic hydroxyl groups is 1. The molecular weight excluding hydrogens is 438 g/mol. The minimum atomic E-state index is -0.865. The van der Waals surface area contributed by atoms with E-state index >= 15 is 0 Å². The van der Waals surface area contributed by atoms with Gasteiger partial charge in [-0.3, -0.25) is 4.79 Å². The van der Waals surface area contributed by atoms with E-state index in [1.807, 2.05) is 0 Å². The van der Waals surface area contributed by atoms with Gasteiger partial charge in [0.1, 0.15) is 18.5 Å². The van der Waals surface area contributed by atoms with Crippen LogP contribution in [0, 0.1) is 5.92 Å². The number of hydrogen-bond acceptors (Lipinski definition) is 4. The molecule has 3 N–H and O–H groups in total.